The molecule has 0 atom stereocenters. The van der Waals surface area contributed by atoms with Crippen molar-refractivity contribution in [3.05, 3.63) is 35.6 Å². The molecule has 0 saturated carbocycles. The molecule has 0 unspecified atom stereocenters. The molecule has 0 bridgehead atoms. The highest BCUT2D eigenvalue weighted by molar-refractivity contribution is 6.30. The van der Waals surface area contributed by atoms with Crippen LogP contribution in [0, 0.1) is 0 Å². The predicted molar refractivity (Wildman–Crippen MR) is 66.1 cm³/mol. The van der Waals surface area contributed by atoms with Crippen LogP contribution in [0.25, 0.3) is 11.3 Å². The maximum Gasteiger partial charge on any atom is 0.244 e. The maximum atomic E-state index is 5.84. The first-order chi connectivity index (χ1) is 8.31. The van der Waals surface area contributed by atoms with Crippen LogP contribution in [0.15, 0.2) is 30.6 Å². The van der Waals surface area contributed by atoms with Gasteiger partial charge >= 0.3 is 0 Å². The lowest BCUT2D eigenvalue weighted by Gasteiger charge is -2.07. The van der Waals surface area contributed by atoms with Crippen molar-refractivity contribution in [1.82, 2.24) is 15.2 Å². The Balaban J connectivity index is 2.33. The number of aromatic nitrogens is 3. The molecule has 1 aromatic heterocycles. The molecule has 5 heteroatoms. The van der Waals surface area contributed by atoms with E-state index in [0.29, 0.717) is 23.2 Å². The van der Waals surface area contributed by atoms with E-state index in [2.05, 4.69) is 15.2 Å². The summed E-state index contributed by atoms with van der Waals surface area (Å²) >= 11 is 5.84. The summed E-state index contributed by atoms with van der Waals surface area (Å²) in [6, 6.07) is 7.34. The van der Waals surface area contributed by atoms with Gasteiger partial charge in [0, 0.05) is 10.6 Å². The Morgan fingerprint density at radius 3 is 2.71 bits per heavy atom. The smallest absolute Gasteiger partial charge is 0.244 e. The quantitative estimate of drug-likeness (QED) is 0.836. The molecule has 0 saturated heterocycles. The van der Waals surface area contributed by atoms with Gasteiger partial charge in [-0.25, -0.2) is 0 Å². The lowest BCUT2D eigenvalue weighted by molar-refractivity contribution is 0.304. The van der Waals surface area contributed by atoms with Crippen molar-refractivity contribution in [3.63, 3.8) is 0 Å². The Morgan fingerprint density at radius 2 is 2.00 bits per heavy atom. The molecule has 0 aliphatic carbocycles. The van der Waals surface area contributed by atoms with Gasteiger partial charge in [0.05, 0.1) is 6.61 Å². The molecular weight excluding hydrogens is 238 g/mol. The molecule has 0 N–H and O–H groups in total. The summed E-state index contributed by atoms with van der Waals surface area (Å²) in [4.78, 5) is 4.09. The summed E-state index contributed by atoms with van der Waals surface area (Å²) in [5.41, 5.74) is 1.53. The first-order valence-electron chi connectivity index (χ1n) is 5.37. The second kappa shape index (κ2) is 5.59. The first-order valence-corrected chi connectivity index (χ1v) is 5.75. The van der Waals surface area contributed by atoms with E-state index < -0.39 is 0 Å². The molecule has 0 amide bonds. The van der Waals surface area contributed by atoms with Crippen molar-refractivity contribution in [2.75, 3.05) is 6.61 Å². The minimum atomic E-state index is 0.504. The standard InChI is InChI=1S/C12H12ClN3O/c1-2-7-17-12-11(16-15-8-14-12)9-3-5-10(13)6-4-9/h3-6,8H,2,7H2,1H3. The molecule has 0 spiro atoms. The van der Waals surface area contributed by atoms with Crippen molar-refractivity contribution in [3.8, 4) is 17.1 Å². The number of benzene rings is 1. The van der Waals surface area contributed by atoms with Crippen molar-refractivity contribution >= 4 is 11.6 Å². The van der Waals surface area contributed by atoms with Crippen LogP contribution in [-0.4, -0.2) is 21.8 Å². The number of halogens is 1. The highest BCUT2D eigenvalue weighted by Gasteiger charge is 2.09. The summed E-state index contributed by atoms with van der Waals surface area (Å²) in [6.45, 7) is 2.65. The van der Waals surface area contributed by atoms with E-state index in [1.165, 1.54) is 6.33 Å². The summed E-state index contributed by atoms with van der Waals surface area (Å²) < 4.78 is 5.52. The van der Waals surface area contributed by atoms with E-state index in [4.69, 9.17) is 16.3 Å². The average Bonchev–Trinajstić information content (AvgIpc) is 2.38. The van der Waals surface area contributed by atoms with Crippen LogP contribution in [0.5, 0.6) is 5.88 Å². The number of nitrogens with zero attached hydrogens (tertiary/aromatic N) is 3. The molecule has 2 aromatic rings. The Labute approximate surface area is 105 Å². The Kier molecular flexibility index (Phi) is 3.88. The fourth-order valence-electron chi connectivity index (χ4n) is 1.36. The van der Waals surface area contributed by atoms with Gasteiger partial charge in [-0.1, -0.05) is 30.7 Å². The van der Waals surface area contributed by atoms with Gasteiger partial charge in [-0.3, -0.25) is 0 Å². The van der Waals surface area contributed by atoms with Crippen molar-refractivity contribution in [1.29, 1.82) is 0 Å². The monoisotopic (exact) mass is 249 g/mol. The molecule has 1 aromatic carbocycles. The summed E-state index contributed by atoms with van der Waals surface area (Å²) in [7, 11) is 0. The highest BCUT2D eigenvalue weighted by atomic mass is 35.5. The molecule has 17 heavy (non-hydrogen) atoms. The fraction of sp³-hybridized carbons (Fsp3) is 0.250. The average molecular weight is 250 g/mol. The van der Waals surface area contributed by atoms with Gasteiger partial charge in [0.15, 0.2) is 5.69 Å². The second-order valence-electron chi connectivity index (χ2n) is 3.47. The van der Waals surface area contributed by atoms with Crippen LogP contribution in [0.1, 0.15) is 13.3 Å². The Morgan fingerprint density at radius 1 is 1.24 bits per heavy atom. The van der Waals surface area contributed by atoms with Crippen molar-refractivity contribution < 1.29 is 4.74 Å². The Bertz CT molecular complexity index is 487. The van der Waals surface area contributed by atoms with E-state index in [9.17, 15) is 0 Å². The molecule has 88 valence electrons. The van der Waals surface area contributed by atoms with E-state index >= 15 is 0 Å². The Hall–Kier alpha value is -1.68. The number of rotatable bonds is 4. The van der Waals surface area contributed by atoms with Crippen molar-refractivity contribution in [2.24, 2.45) is 0 Å². The molecule has 0 fully saturated rings. The van der Waals surface area contributed by atoms with Gasteiger partial charge in [-0.2, -0.15) is 4.98 Å². The van der Waals surface area contributed by atoms with Crippen LogP contribution < -0.4 is 4.74 Å². The zero-order valence-corrected chi connectivity index (χ0v) is 10.2. The van der Waals surface area contributed by atoms with Crippen LogP contribution in [0.4, 0.5) is 0 Å². The largest absolute Gasteiger partial charge is 0.476 e. The number of ether oxygens (including phenoxy) is 1. The molecule has 0 aliphatic rings. The zero-order valence-electron chi connectivity index (χ0n) is 9.43. The highest BCUT2D eigenvalue weighted by Crippen LogP contribution is 2.25. The van der Waals surface area contributed by atoms with E-state index in [-0.39, 0.29) is 0 Å². The lowest BCUT2D eigenvalue weighted by atomic mass is 10.1. The summed E-state index contributed by atoms with van der Waals surface area (Å²) in [5.74, 6) is 0.504. The molecule has 0 radical (unpaired) electrons. The fourth-order valence-corrected chi connectivity index (χ4v) is 1.49. The first kappa shape index (κ1) is 11.8. The van der Waals surface area contributed by atoms with Crippen LogP contribution in [-0.2, 0) is 0 Å². The third kappa shape index (κ3) is 2.91. The molecule has 1 heterocycles. The van der Waals surface area contributed by atoms with Crippen LogP contribution in [0.2, 0.25) is 5.02 Å². The predicted octanol–water partition coefficient (Wildman–Crippen LogP) is 2.98. The topological polar surface area (TPSA) is 47.9 Å². The second-order valence-corrected chi connectivity index (χ2v) is 3.91. The van der Waals surface area contributed by atoms with Gasteiger partial charge in [0.1, 0.15) is 6.33 Å². The minimum Gasteiger partial charge on any atom is -0.476 e. The lowest BCUT2D eigenvalue weighted by Crippen LogP contribution is -2.01. The van der Waals surface area contributed by atoms with E-state index in [1.807, 2.05) is 19.1 Å². The molecule has 2 rings (SSSR count). The van der Waals surface area contributed by atoms with Gasteiger partial charge < -0.3 is 4.74 Å². The van der Waals surface area contributed by atoms with Crippen molar-refractivity contribution in [2.45, 2.75) is 13.3 Å². The molecular formula is C12H12ClN3O. The summed E-state index contributed by atoms with van der Waals surface area (Å²) in [6.07, 6.45) is 2.30. The normalized spacial score (nSPS) is 10.2. The van der Waals surface area contributed by atoms with Crippen LogP contribution >= 0.6 is 11.6 Å². The van der Waals surface area contributed by atoms with Crippen LogP contribution in [0.3, 0.4) is 0 Å². The van der Waals surface area contributed by atoms with Gasteiger partial charge in [0.2, 0.25) is 5.88 Å². The van der Waals surface area contributed by atoms with Gasteiger partial charge in [-0.05, 0) is 18.6 Å². The SMILES string of the molecule is CCCOc1ncnnc1-c1ccc(Cl)cc1. The van der Waals surface area contributed by atoms with E-state index in [1.54, 1.807) is 12.1 Å². The molecule has 4 nitrogen and oxygen atoms in total. The maximum absolute atomic E-state index is 5.84. The van der Waals surface area contributed by atoms with Gasteiger partial charge in [-0.15, -0.1) is 10.2 Å². The van der Waals surface area contributed by atoms with Gasteiger partial charge in [0.25, 0.3) is 0 Å². The third-order valence-corrected chi connectivity index (χ3v) is 2.40. The number of hydrogen-bond acceptors (Lipinski definition) is 4. The number of hydrogen-bond donors (Lipinski definition) is 0. The minimum absolute atomic E-state index is 0.504. The third-order valence-electron chi connectivity index (χ3n) is 2.15. The van der Waals surface area contributed by atoms with E-state index in [0.717, 1.165) is 12.0 Å². The zero-order chi connectivity index (χ0) is 12.1. The molecule has 0 aliphatic heterocycles. The summed E-state index contributed by atoms with van der Waals surface area (Å²) in [5, 5.41) is 8.51.